The first-order chi connectivity index (χ1) is 9.34. The van der Waals surface area contributed by atoms with Crippen LogP contribution in [0, 0.1) is 5.82 Å². The van der Waals surface area contributed by atoms with Gasteiger partial charge in [-0.15, -0.1) is 0 Å². The van der Waals surface area contributed by atoms with Crippen LogP contribution in [-0.4, -0.2) is 34.7 Å². The number of likely N-dealkylation sites (N-methyl/N-ethyl adjacent to an activating group) is 1. The Kier molecular flexibility index (Phi) is 3.61. The Labute approximate surface area is 117 Å². The Morgan fingerprint density at radius 2 is 1.85 bits per heavy atom. The number of nitrogens with zero attached hydrogens (tertiary/aromatic N) is 3. The van der Waals surface area contributed by atoms with Crippen LogP contribution >= 0.6 is 0 Å². The molecule has 0 atom stereocenters. The largest absolute Gasteiger partial charge is 0.347 e. The number of carbonyl (C=O) groups excluding carboxylic acids is 1. The van der Waals surface area contributed by atoms with Crippen molar-refractivity contribution in [2.24, 2.45) is 0 Å². The van der Waals surface area contributed by atoms with Gasteiger partial charge in [-0.3, -0.25) is 9.48 Å². The van der Waals surface area contributed by atoms with Crippen LogP contribution in [0.25, 0.3) is 11.3 Å². The molecule has 20 heavy (non-hydrogen) atoms. The maximum Gasteiger partial charge on any atom is 0.249 e. The molecule has 0 saturated carbocycles. The summed E-state index contributed by atoms with van der Waals surface area (Å²) in [6.45, 7) is 3.44. The fourth-order valence-electron chi connectivity index (χ4n) is 2.08. The van der Waals surface area contributed by atoms with E-state index in [2.05, 4.69) is 5.10 Å². The minimum Gasteiger partial charge on any atom is -0.347 e. The molecule has 1 heterocycles. The van der Waals surface area contributed by atoms with Crippen LogP contribution in [0.15, 0.2) is 36.5 Å². The monoisotopic (exact) mass is 275 g/mol. The van der Waals surface area contributed by atoms with Gasteiger partial charge in [0, 0.05) is 19.7 Å². The lowest BCUT2D eigenvalue weighted by Gasteiger charge is -2.27. The number of benzene rings is 1. The first-order valence-electron chi connectivity index (χ1n) is 6.37. The van der Waals surface area contributed by atoms with Crippen LogP contribution in [0.5, 0.6) is 0 Å². The van der Waals surface area contributed by atoms with Crippen LogP contribution < -0.4 is 0 Å². The summed E-state index contributed by atoms with van der Waals surface area (Å²) in [6, 6.07) is 9.08. The van der Waals surface area contributed by atoms with E-state index in [4.69, 9.17) is 0 Å². The van der Waals surface area contributed by atoms with Crippen molar-refractivity contribution in [1.29, 1.82) is 0 Å². The van der Waals surface area contributed by atoms with E-state index in [1.165, 1.54) is 15.8 Å². The number of rotatable bonds is 3. The first-order valence-corrected chi connectivity index (χ1v) is 6.37. The van der Waals surface area contributed by atoms with E-state index in [1.54, 1.807) is 40.1 Å². The number of carbonyl (C=O) groups is 1. The lowest BCUT2D eigenvalue weighted by Crippen LogP contribution is -2.44. The topological polar surface area (TPSA) is 38.1 Å². The molecule has 1 aromatic carbocycles. The van der Waals surface area contributed by atoms with Gasteiger partial charge in [0.25, 0.3) is 0 Å². The molecule has 0 saturated heterocycles. The van der Waals surface area contributed by atoms with E-state index in [9.17, 15) is 9.18 Å². The Balaban J connectivity index is 2.44. The van der Waals surface area contributed by atoms with E-state index in [0.717, 1.165) is 0 Å². The van der Waals surface area contributed by atoms with Crippen LogP contribution in [0.3, 0.4) is 0 Å². The molecule has 1 aromatic heterocycles. The fourth-order valence-corrected chi connectivity index (χ4v) is 2.08. The highest BCUT2D eigenvalue weighted by atomic mass is 19.1. The van der Waals surface area contributed by atoms with Crippen molar-refractivity contribution < 1.29 is 9.18 Å². The molecular weight excluding hydrogens is 257 g/mol. The van der Waals surface area contributed by atoms with Crippen LogP contribution in [0.2, 0.25) is 0 Å². The third-order valence-corrected chi connectivity index (χ3v) is 3.22. The summed E-state index contributed by atoms with van der Waals surface area (Å²) in [5.74, 6) is -0.574. The Hall–Kier alpha value is -2.17. The van der Waals surface area contributed by atoms with Gasteiger partial charge in [0.2, 0.25) is 5.91 Å². The Morgan fingerprint density at radius 1 is 1.25 bits per heavy atom. The maximum absolute atomic E-state index is 14.1. The zero-order chi connectivity index (χ0) is 14.9. The quantitative estimate of drug-likeness (QED) is 0.863. The SMILES string of the molecule is CN(C)C(=O)C(C)(C)n1cc(F)c(-c2ccccc2)n1. The van der Waals surface area contributed by atoms with Gasteiger partial charge in [0.05, 0.1) is 6.20 Å². The van der Waals surface area contributed by atoms with Gasteiger partial charge in [0.1, 0.15) is 11.2 Å². The second-order valence-electron chi connectivity index (χ2n) is 5.39. The molecule has 0 aliphatic heterocycles. The number of hydrogen-bond acceptors (Lipinski definition) is 2. The highest BCUT2D eigenvalue weighted by Crippen LogP contribution is 2.24. The minimum atomic E-state index is -0.933. The number of aromatic nitrogens is 2. The molecule has 0 fully saturated rings. The summed E-state index contributed by atoms with van der Waals surface area (Å²) in [7, 11) is 3.34. The second-order valence-corrected chi connectivity index (χ2v) is 5.39. The standard InChI is InChI=1S/C15H18FN3O/c1-15(2,14(20)18(3)4)19-10-12(16)13(17-19)11-8-6-5-7-9-11/h5-10H,1-4H3. The Bertz CT molecular complexity index is 617. The lowest BCUT2D eigenvalue weighted by atomic mass is 10.0. The van der Waals surface area contributed by atoms with E-state index in [-0.39, 0.29) is 11.6 Å². The molecule has 106 valence electrons. The summed E-state index contributed by atoms with van der Waals surface area (Å²) in [5.41, 5.74) is 0.0132. The van der Waals surface area contributed by atoms with Gasteiger partial charge in [-0.25, -0.2) is 4.39 Å². The molecule has 0 bridgehead atoms. The zero-order valence-electron chi connectivity index (χ0n) is 12.1. The van der Waals surface area contributed by atoms with Gasteiger partial charge in [0.15, 0.2) is 5.82 Å². The summed E-state index contributed by atoms with van der Waals surface area (Å²) >= 11 is 0. The van der Waals surface area contributed by atoms with Crippen molar-refractivity contribution >= 4 is 5.91 Å². The third kappa shape index (κ3) is 2.43. The average molecular weight is 275 g/mol. The van der Waals surface area contributed by atoms with Crippen molar-refractivity contribution in [3.8, 4) is 11.3 Å². The molecule has 0 aliphatic rings. The predicted octanol–water partition coefficient (Wildman–Crippen LogP) is 2.51. The van der Waals surface area contributed by atoms with Crippen molar-refractivity contribution in [3.05, 3.63) is 42.3 Å². The first kappa shape index (κ1) is 14.2. The number of hydrogen-bond donors (Lipinski definition) is 0. The van der Waals surface area contributed by atoms with E-state index in [0.29, 0.717) is 5.56 Å². The van der Waals surface area contributed by atoms with Gasteiger partial charge in [-0.2, -0.15) is 5.10 Å². The molecule has 0 radical (unpaired) electrons. The maximum atomic E-state index is 14.1. The van der Waals surface area contributed by atoms with Gasteiger partial charge >= 0.3 is 0 Å². The molecule has 0 aliphatic carbocycles. The van der Waals surface area contributed by atoms with Gasteiger partial charge in [-0.1, -0.05) is 30.3 Å². The van der Waals surface area contributed by atoms with Crippen molar-refractivity contribution in [1.82, 2.24) is 14.7 Å². The second kappa shape index (κ2) is 5.07. The summed E-state index contributed by atoms with van der Waals surface area (Å²) < 4.78 is 15.5. The molecule has 5 heteroatoms. The third-order valence-electron chi connectivity index (χ3n) is 3.22. The van der Waals surface area contributed by atoms with E-state index < -0.39 is 11.4 Å². The van der Waals surface area contributed by atoms with Crippen molar-refractivity contribution in [2.75, 3.05) is 14.1 Å². The van der Waals surface area contributed by atoms with E-state index in [1.807, 2.05) is 18.2 Å². The summed E-state index contributed by atoms with van der Waals surface area (Å²) in [4.78, 5) is 13.6. The number of halogens is 1. The molecule has 0 N–H and O–H groups in total. The van der Waals surface area contributed by atoms with Crippen LogP contribution in [0.1, 0.15) is 13.8 Å². The number of amides is 1. The zero-order valence-corrected chi connectivity index (χ0v) is 12.1. The smallest absolute Gasteiger partial charge is 0.249 e. The van der Waals surface area contributed by atoms with E-state index >= 15 is 0 Å². The van der Waals surface area contributed by atoms with Gasteiger partial charge < -0.3 is 4.90 Å². The highest BCUT2D eigenvalue weighted by Gasteiger charge is 2.33. The molecule has 0 spiro atoms. The molecule has 2 aromatic rings. The molecule has 1 amide bonds. The van der Waals surface area contributed by atoms with Crippen LogP contribution in [-0.2, 0) is 10.3 Å². The van der Waals surface area contributed by atoms with Crippen LogP contribution in [0.4, 0.5) is 4.39 Å². The molecule has 4 nitrogen and oxygen atoms in total. The average Bonchev–Trinajstić information content (AvgIpc) is 2.81. The van der Waals surface area contributed by atoms with Gasteiger partial charge in [-0.05, 0) is 13.8 Å². The van der Waals surface area contributed by atoms with Crippen molar-refractivity contribution in [3.63, 3.8) is 0 Å². The highest BCUT2D eigenvalue weighted by molar-refractivity contribution is 5.83. The molecule has 0 unspecified atom stereocenters. The normalized spacial score (nSPS) is 11.4. The van der Waals surface area contributed by atoms with Crippen molar-refractivity contribution in [2.45, 2.75) is 19.4 Å². The Morgan fingerprint density at radius 3 is 2.40 bits per heavy atom. The molecule has 2 rings (SSSR count). The fraction of sp³-hybridized carbons (Fsp3) is 0.333. The predicted molar refractivity (Wildman–Crippen MR) is 75.6 cm³/mol. The molecular formula is C15H18FN3O. The minimum absolute atomic E-state index is 0.139. The lowest BCUT2D eigenvalue weighted by molar-refractivity contribution is -0.137. The summed E-state index contributed by atoms with van der Waals surface area (Å²) in [5, 5.41) is 4.25. The summed E-state index contributed by atoms with van der Waals surface area (Å²) in [6.07, 6.45) is 1.27.